The molecule has 1 saturated carbocycles. The third-order valence-corrected chi connectivity index (χ3v) is 5.91. The maximum atomic E-state index is 12.9. The lowest BCUT2D eigenvalue weighted by molar-refractivity contribution is -0.146. The Kier molecular flexibility index (Phi) is 3.60. The molecule has 0 spiro atoms. The molecule has 5 nitrogen and oxygen atoms in total. The molecule has 1 heterocycles. The van der Waals surface area contributed by atoms with Crippen LogP contribution in [0, 0.1) is 23.7 Å². The second-order valence-corrected chi connectivity index (χ2v) is 7.63. The highest BCUT2D eigenvalue weighted by Crippen LogP contribution is 2.54. The number of benzene rings is 1. The van der Waals surface area contributed by atoms with Crippen LogP contribution in [0.15, 0.2) is 40.9 Å². The lowest BCUT2D eigenvalue weighted by atomic mass is 9.85. The topological polar surface area (TPSA) is 74.7 Å². The second kappa shape index (κ2) is 5.55. The van der Waals surface area contributed by atoms with Crippen molar-refractivity contribution in [1.82, 2.24) is 4.90 Å². The summed E-state index contributed by atoms with van der Waals surface area (Å²) in [7, 11) is 0. The molecular weight excluding hydrogens is 374 g/mol. The van der Waals surface area contributed by atoms with Crippen LogP contribution >= 0.6 is 15.9 Å². The minimum Gasteiger partial charge on any atom is -0.481 e. The van der Waals surface area contributed by atoms with Gasteiger partial charge in [-0.15, -0.1) is 0 Å². The van der Waals surface area contributed by atoms with Gasteiger partial charge in [-0.1, -0.05) is 40.2 Å². The average molecular weight is 390 g/mol. The van der Waals surface area contributed by atoms with E-state index in [1.54, 1.807) is 18.2 Å². The molecule has 0 aromatic heterocycles. The number of hydrogen-bond donors (Lipinski definition) is 1. The van der Waals surface area contributed by atoms with E-state index in [1.165, 1.54) is 4.90 Å². The van der Waals surface area contributed by atoms with Crippen LogP contribution < -0.4 is 0 Å². The van der Waals surface area contributed by atoms with E-state index in [-0.39, 0.29) is 41.9 Å². The van der Waals surface area contributed by atoms with E-state index in [4.69, 9.17) is 0 Å². The van der Waals surface area contributed by atoms with Crippen LogP contribution in [0.4, 0.5) is 0 Å². The number of aliphatic carboxylic acids is 1. The van der Waals surface area contributed by atoms with Gasteiger partial charge in [-0.3, -0.25) is 19.3 Å². The fraction of sp³-hybridized carbons (Fsp3) is 0.389. The molecule has 5 unspecified atom stereocenters. The third-order valence-electron chi connectivity index (χ3n) is 5.42. The minimum atomic E-state index is -1.03. The zero-order chi connectivity index (χ0) is 17.0. The summed E-state index contributed by atoms with van der Waals surface area (Å²) in [4.78, 5) is 38.4. The number of hydrogen-bond acceptors (Lipinski definition) is 3. The van der Waals surface area contributed by atoms with Crippen molar-refractivity contribution in [1.29, 1.82) is 0 Å². The highest BCUT2D eigenvalue weighted by molar-refractivity contribution is 9.10. The van der Waals surface area contributed by atoms with Gasteiger partial charge in [-0.05, 0) is 36.0 Å². The molecule has 124 valence electrons. The monoisotopic (exact) mass is 389 g/mol. The normalized spacial score (nSPS) is 31.6. The maximum Gasteiger partial charge on any atom is 0.305 e. The van der Waals surface area contributed by atoms with E-state index < -0.39 is 12.0 Å². The van der Waals surface area contributed by atoms with Crippen molar-refractivity contribution < 1.29 is 19.5 Å². The standard InChI is InChI=1S/C18H16BrNO4/c19-12-3-1-2-9(7-12)13(8-14(21)22)20-17(23)15-10-4-5-11(6-10)16(15)18(20)24/h1-5,7,10-11,13,15-16H,6,8H2,(H,21,22). The number of rotatable bonds is 4. The van der Waals surface area contributed by atoms with Gasteiger partial charge < -0.3 is 5.11 Å². The number of nitrogens with zero attached hydrogens (tertiary/aromatic N) is 1. The highest BCUT2D eigenvalue weighted by atomic mass is 79.9. The number of halogens is 1. The van der Waals surface area contributed by atoms with Crippen molar-refractivity contribution in [3.63, 3.8) is 0 Å². The van der Waals surface area contributed by atoms with Crippen LogP contribution in [0.1, 0.15) is 24.4 Å². The Balaban J connectivity index is 1.72. The number of carbonyl (C=O) groups is 3. The Morgan fingerprint density at radius 3 is 2.38 bits per heavy atom. The lowest BCUT2D eigenvalue weighted by Gasteiger charge is -2.27. The first-order chi connectivity index (χ1) is 11.5. The van der Waals surface area contributed by atoms with E-state index in [9.17, 15) is 19.5 Å². The second-order valence-electron chi connectivity index (χ2n) is 6.72. The Labute approximate surface area is 147 Å². The Morgan fingerprint density at radius 1 is 1.21 bits per heavy atom. The van der Waals surface area contributed by atoms with Crippen LogP contribution in [0.25, 0.3) is 0 Å². The number of fused-ring (bicyclic) bond motifs is 5. The summed E-state index contributed by atoms with van der Waals surface area (Å²) in [6.45, 7) is 0. The van der Waals surface area contributed by atoms with Crippen LogP contribution in [0.5, 0.6) is 0 Å². The first kappa shape index (κ1) is 15.6. The van der Waals surface area contributed by atoms with Gasteiger partial charge in [0.15, 0.2) is 0 Å². The smallest absolute Gasteiger partial charge is 0.305 e. The molecule has 0 radical (unpaired) electrons. The lowest BCUT2D eigenvalue weighted by Crippen LogP contribution is -2.37. The zero-order valence-electron chi connectivity index (χ0n) is 12.8. The van der Waals surface area contributed by atoms with Crippen molar-refractivity contribution in [2.45, 2.75) is 18.9 Å². The van der Waals surface area contributed by atoms with Gasteiger partial charge in [0.25, 0.3) is 0 Å². The van der Waals surface area contributed by atoms with E-state index in [1.807, 2.05) is 18.2 Å². The van der Waals surface area contributed by atoms with Gasteiger partial charge in [0.2, 0.25) is 11.8 Å². The molecule has 1 aromatic rings. The molecule has 3 aliphatic rings. The highest BCUT2D eigenvalue weighted by Gasteiger charge is 2.60. The minimum absolute atomic E-state index is 0.120. The molecule has 24 heavy (non-hydrogen) atoms. The average Bonchev–Trinajstić information content (AvgIpc) is 3.20. The predicted octanol–water partition coefficient (Wildman–Crippen LogP) is 2.77. The van der Waals surface area contributed by atoms with Gasteiger partial charge in [0, 0.05) is 4.47 Å². The zero-order valence-corrected chi connectivity index (χ0v) is 14.3. The van der Waals surface area contributed by atoms with Crippen molar-refractivity contribution in [3.8, 4) is 0 Å². The van der Waals surface area contributed by atoms with Crippen molar-refractivity contribution >= 4 is 33.7 Å². The molecule has 1 N–H and O–H groups in total. The predicted molar refractivity (Wildman–Crippen MR) is 88.7 cm³/mol. The Hall–Kier alpha value is -1.95. The molecule has 1 aliphatic heterocycles. The quantitative estimate of drug-likeness (QED) is 0.634. The number of allylic oxidation sites excluding steroid dienone is 2. The number of imide groups is 1. The van der Waals surface area contributed by atoms with Gasteiger partial charge in [-0.2, -0.15) is 0 Å². The third kappa shape index (κ3) is 2.24. The van der Waals surface area contributed by atoms with Crippen molar-refractivity contribution in [3.05, 3.63) is 46.5 Å². The summed E-state index contributed by atoms with van der Waals surface area (Å²) < 4.78 is 0.788. The first-order valence-corrected chi connectivity index (χ1v) is 8.79. The first-order valence-electron chi connectivity index (χ1n) is 8.00. The molecule has 2 aliphatic carbocycles. The summed E-state index contributed by atoms with van der Waals surface area (Å²) in [5.41, 5.74) is 0.661. The fourth-order valence-corrected chi connectivity index (χ4v) is 4.89. The number of amides is 2. The Morgan fingerprint density at radius 2 is 1.83 bits per heavy atom. The molecule has 1 aromatic carbocycles. The van der Waals surface area contributed by atoms with Crippen molar-refractivity contribution in [2.75, 3.05) is 0 Å². The summed E-state index contributed by atoms with van der Waals surface area (Å²) >= 11 is 3.37. The summed E-state index contributed by atoms with van der Waals surface area (Å²) in [5.74, 6) is -1.84. The number of carboxylic acid groups (broad SMARTS) is 1. The summed E-state index contributed by atoms with van der Waals surface area (Å²) in [6.07, 6.45) is 4.65. The molecule has 4 rings (SSSR count). The number of carbonyl (C=O) groups excluding carboxylic acids is 2. The SMILES string of the molecule is O=C(O)CC(c1cccc(Br)c1)N1C(=O)C2C3C=CC(C3)C2C1=O. The Bertz CT molecular complexity index is 744. The fourth-order valence-electron chi connectivity index (χ4n) is 4.47. The van der Waals surface area contributed by atoms with Crippen LogP contribution in [0.3, 0.4) is 0 Å². The van der Waals surface area contributed by atoms with Gasteiger partial charge in [-0.25, -0.2) is 0 Å². The van der Waals surface area contributed by atoms with E-state index in [0.717, 1.165) is 10.9 Å². The van der Waals surface area contributed by atoms with E-state index >= 15 is 0 Å². The molecular formula is C18H16BrNO4. The van der Waals surface area contributed by atoms with Crippen LogP contribution in [-0.4, -0.2) is 27.8 Å². The van der Waals surface area contributed by atoms with Gasteiger partial charge in [0.05, 0.1) is 24.3 Å². The summed E-state index contributed by atoms with van der Waals surface area (Å²) in [6, 6.07) is 6.39. The maximum absolute atomic E-state index is 12.9. The molecule has 1 saturated heterocycles. The largest absolute Gasteiger partial charge is 0.481 e. The van der Waals surface area contributed by atoms with Gasteiger partial charge in [0.1, 0.15) is 0 Å². The molecule has 2 amide bonds. The van der Waals surface area contributed by atoms with Crippen LogP contribution in [-0.2, 0) is 14.4 Å². The van der Waals surface area contributed by atoms with Gasteiger partial charge >= 0.3 is 5.97 Å². The van der Waals surface area contributed by atoms with Crippen molar-refractivity contribution in [2.24, 2.45) is 23.7 Å². The number of likely N-dealkylation sites (tertiary alicyclic amines) is 1. The summed E-state index contributed by atoms with van der Waals surface area (Å²) in [5, 5.41) is 9.29. The van der Waals surface area contributed by atoms with E-state index in [2.05, 4.69) is 15.9 Å². The number of carboxylic acids is 1. The van der Waals surface area contributed by atoms with Crippen LogP contribution in [0.2, 0.25) is 0 Å². The molecule has 2 bridgehead atoms. The molecule has 5 atom stereocenters. The molecule has 2 fully saturated rings. The van der Waals surface area contributed by atoms with E-state index in [0.29, 0.717) is 5.56 Å². The molecule has 6 heteroatoms.